The van der Waals surface area contributed by atoms with Gasteiger partial charge in [0.2, 0.25) is 11.9 Å². The molecule has 0 amide bonds. The number of nitrogens with zero attached hydrogens (tertiary/aromatic N) is 4. The van der Waals surface area contributed by atoms with Crippen LogP contribution in [0.4, 0.5) is 11.9 Å². The summed E-state index contributed by atoms with van der Waals surface area (Å²) in [7, 11) is 0. The van der Waals surface area contributed by atoms with Gasteiger partial charge in [0.05, 0.1) is 6.61 Å². The molecule has 0 unspecified atom stereocenters. The first-order chi connectivity index (χ1) is 9.44. The van der Waals surface area contributed by atoms with Crippen molar-refractivity contribution in [3.8, 4) is 6.01 Å². The Hall–Kier alpha value is -1.59. The molecule has 2 heterocycles. The number of nitrogens with two attached hydrogens (primary N) is 1. The van der Waals surface area contributed by atoms with E-state index in [2.05, 4.69) is 40.6 Å². The van der Waals surface area contributed by atoms with Gasteiger partial charge in [0, 0.05) is 13.1 Å². The lowest BCUT2D eigenvalue weighted by molar-refractivity contribution is 0.229. The molecule has 6 nitrogen and oxygen atoms in total. The van der Waals surface area contributed by atoms with Crippen LogP contribution < -0.4 is 15.4 Å². The third kappa shape index (κ3) is 4.51. The van der Waals surface area contributed by atoms with E-state index < -0.39 is 0 Å². The maximum absolute atomic E-state index is 5.75. The van der Waals surface area contributed by atoms with E-state index in [9.17, 15) is 0 Å². The van der Waals surface area contributed by atoms with Crippen molar-refractivity contribution in [1.82, 2.24) is 15.0 Å². The molecule has 20 heavy (non-hydrogen) atoms. The van der Waals surface area contributed by atoms with Crippen molar-refractivity contribution < 1.29 is 4.74 Å². The van der Waals surface area contributed by atoms with Crippen LogP contribution in [0.25, 0.3) is 0 Å². The summed E-state index contributed by atoms with van der Waals surface area (Å²) < 4.78 is 5.63. The Morgan fingerprint density at radius 2 is 1.80 bits per heavy atom. The average Bonchev–Trinajstić information content (AvgIpc) is 2.37. The largest absolute Gasteiger partial charge is 0.463 e. The van der Waals surface area contributed by atoms with E-state index >= 15 is 0 Å². The third-order valence-electron chi connectivity index (χ3n) is 3.34. The van der Waals surface area contributed by atoms with Crippen LogP contribution in [0.1, 0.15) is 46.5 Å². The number of anilines is 2. The molecule has 1 fully saturated rings. The van der Waals surface area contributed by atoms with Gasteiger partial charge in [0.25, 0.3) is 0 Å². The van der Waals surface area contributed by atoms with Crippen LogP contribution in [-0.4, -0.2) is 34.6 Å². The smallest absolute Gasteiger partial charge is 0.323 e. The lowest BCUT2D eigenvalue weighted by atomic mass is 9.93. The van der Waals surface area contributed by atoms with Gasteiger partial charge in [-0.15, -0.1) is 0 Å². The number of piperidine rings is 1. The highest BCUT2D eigenvalue weighted by Crippen LogP contribution is 2.20. The highest BCUT2D eigenvalue weighted by atomic mass is 16.5. The molecule has 1 saturated heterocycles. The van der Waals surface area contributed by atoms with Crippen molar-refractivity contribution in [3.63, 3.8) is 0 Å². The van der Waals surface area contributed by atoms with Crippen LogP contribution in [0, 0.1) is 5.41 Å². The molecule has 0 aromatic carbocycles. The van der Waals surface area contributed by atoms with Crippen LogP contribution in [0.3, 0.4) is 0 Å². The number of hydrogen-bond acceptors (Lipinski definition) is 6. The summed E-state index contributed by atoms with van der Waals surface area (Å²) in [6.07, 6.45) is 4.56. The summed E-state index contributed by atoms with van der Waals surface area (Å²) in [6, 6.07) is 0.335. The number of ether oxygens (including phenoxy) is 1. The molecule has 1 aromatic heterocycles. The zero-order valence-electron chi connectivity index (χ0n) is 12.7. The van der Waals surface area contributed by atoms with Gasteiger partial charge in [0.1, 0.15) is 0 Å². The molecule has 0 saturated carbocycles. The predicted molar refractivity (Wildman–Crippen MR) is 79.9 cm³/mol. The van der Waals surface area contributed by atoms with E-state index in [4.69, 9.17) is 10.5 Å². The van der Waals surface area contributed by atoms with Gasteiger partial charge in [-0.05, 0) is 31.1 Å². The highest BCUT2D eigenvalue weighted by Gasteiger charge is 2.16. The Bertz CT molecular complexity index is 438. The molecule has 1 aliphatic heterocycles. The second-order valence-corrected chi connectivity index (χ2v) is 6.48. The van der Waals surface area contributed by atoms with E-state index in [1.54, 1.807) is 0 Å². The molecule has 112 valence electrons. The molecule has 2 N–H and O–H groups in total. The summed E-state index contributed by atoms with van der Waals surface area (Å²) in [6.45, 7) is 9.08. The molecule has 0 bridgehead atoms. The molecule has 1 aliphatic rings. The summed E-state index contributed by atoms with van der Waals surface area (Å²) in [4.78, 5) is 14.8. The van der Waals surface area contributed by atoms with Crippen LogP contribution in [0.15, 0.2) is 0 Å². The second-order valence-electron chi connectivity index (χ2n) is 6.48. The average molecular weight is 279 g/mol. The van der Waals surface area contributed by atoms with Gasteiger partial charge in [0.15, 0.2) is 0 Å². The highest BCUT2D eigenvalue weighted by molar-refractivity contribution is 5.36. The molecule has 0 atom stereocenters. The van der Waals surface area contributed by atoms with Crippen molar-refractivity contribution >= 4 is 11.9 Å². The van der Waals surface area contributed by atoms with E-state index in [1.165, 1.54) is 19.3 Å². The SMILES string of the molecule is CC(C)(C)CCOc1nc(N)nc(N2CCCCC2)n1. The van der Waals surface area contributed by atoms with E-state index in [-0.39, 0.29) is 11.4 Å². The quantitative estimate of drug-likeness (QED) is 0.911. The maximum atomic E-state index is 5.75. The number of nitrogen functional groups attached to an aromatic ring is 1. The fourth-order valence-electron chi connectivity index (χ4n) is 2.11. The summed E-state index contributed by atoms with van der Waals surface area (Å²) in [5.41, 5.74) is 5.99. The fourth-order valence-corrected chi connectivity index (χ4v) is 2.11. The molecule has 1 aromatic rings. The van der Waals surface area contributed by atoms with Crippen LogP contribution in [0.5, 0.6) is 6.01 Å². The molecule has 2 rings (SSSR count). The van der Waals surface area contributed by atoms with Gasteiger partial charge < -0.3 is 15.4 Å². The zero-order valence-corrected chi connectivity index (χ0v) is 12.7. The van der Waals surface area contributed by atoms with Crippen LogP contribution >= 0.6 is 0 Å². The lowest BCUT2D eigenvalue weighted by Crippen LogP contribution is -2.31. The first kappa shape index (κ1) is 14.8. The van der Waals surface area contributed by atoms with Crippen molar-refractivity contribution in [2.24, 2.45) is 5.41 Å². The van der Waals surface area contributed by atoms with Crippen molar-refractivity contribution in [2.45, 2.75) is 46.5 Å². The number of hydrogen-bond donors (Lipinski definition) is 1. The zero-order chi connectivity index (χ0) is 14.6. The van der Waals surface area contributed by atoms with E-state index in [0.29, 0.717) is 18.6 Å². The molecule has 0 aliphatic carbocycles. The Morgan fingerprint density at radius 3 is 2.45 bits per heavy atom. The van der Waals surface area contributed by atoms with Gasteiger partial charge in [-0.25, -0.2) is 0 Å². The molecule has 6 heteroatoms. The minimum atomic E-state index is 0.228. The van der Waals surface area contributed by atoms with Gasteiger partial charge in [-0.3, -0.25) is 0 Å². The second kappa shape index (κ2) is 6.24. The topological polar surface area (TPSA) is 77.2 Å². The monoisotopic (exact) mass is 279 g/mol. The van der Waals surface area contributed by atoms with E-state index in [0.717, 1.165) is 19.5 Å². The number of aromatic nitrogens is 3. The van der Waals surface area contributed by atoms with Gasteiger partial charge >= 0.3 is 6.01 Å². The first-order valence-electron chi connectivity index (χ1n) is 7.33. The normalized spacial score (nSPS) is 16.2. The van der Waals surface area contributed by atoms with Crippen molar-refractivity contribution in [3.05, 3.63) is 0 Å². The van der Waals surface area contributed by atoms with Gasteiger partial charge in [-0.2, -0.15) is 15.0 Å². The minimum Gasteiger partial charge on any atom is -0.463 e. The molecule has 0 radical (unpaired) electrons. The molecular weight excluding hydrogens is 254 g/mol. The summed E-state index contributed by atoms with van der Waals surface area (Å²) >= 11 is 0. The van der Waals surface area contributed by atoms with Crippen LogP contribution in [0.2, 0.25) is 0 Å². The Labute approximate surface area is 120 Å². The summed E-state index contributed by atoms with van der Waals surface area (Å²) in [5.74, 6) is 0.870. The Kier molecular flexibility index (Phi) is 4.62. The maximum Gasteiger partial charge on any atom is 0.323 e. The van der Waals surface area contributed by atoms with E-state index in [1.807, 2.05) is 0 Å². The molecule has 0 spiro atoms. The fraction of sp³-hybridized carbons (Fsp3) is 0.786. The number of rotatable bonds is 4. The Morgan fingerprint density at radius 1 is 1.10 bits per heavy atom. The van der Waals surface area contributed by atoms with Gasteiger partial charge in [-0.1, -0.05) is 20.8 Å². The van der Waals surface area contributed by atoms with Crippen molar-refractivity contribution in [1.29, 1.82) is 0 Å². The Balaban J connectivity index is 2.00. The first-order valence-corrected chi connectivity index (χ1v) is 7.33. The molecular formula is C14H25N5O. The summed E-state index contributed by atoms with van der Waals surface area (Å²) in [5, 5.41) is 0. The minimum absolute atomic E-state index is 0.228. The third-order valence-corrected chi connectivity index (χ3v) is 3.34. The van der Waals surface area contributed by atoms with Crippen LogP contribution in [-0.2, 0) is 0 Å². The lowest BCUT2D eigenvalue weighted by Gasteiger charge is -2.26. The standard InChI is InChI=1S/C14H25N5O/c1-14(2,3)7-10-20-13-17-11(15)16-12(18-13)19-8-5-4-6-9-19/h4-10H2,1-3H3,(H2,15,16,17,18). The predicted octanol–water partition coefficient (Wildman–Crippen LogP) is 2.26. The van der Waals surface area contributed by atoms with Crippen molar-refractivity contribution in [2.75, 3.05) is 30.3 Å².